The molecule has 0 bridgehead atoms. The third kappa shape index (κ3) is 7.99. The number of aromatic amines is 1. The van der Waals surface area contributed by atoms with Crippen molar-refractivity contribution in [2.24, 2.45) is 0 Å². The molecule has 12 nitrogen and oxygen atoms in total. The number of hydrogen-bond donors (Lipinski definition) is 1. The smallest absolute Gasteiger partial charge is 0.222 e. The minimum absolute atomic E-state index is 0.294. The number of nitrogens with zero attached hydrogens (tertiary/aromatic N) is 11. The number of hydrogen-bond acceptors (Lipinski definition) is 12. The van der Waals surface area contributed by atoms with Crippen LogP contribution in [-0.2, 0) is 0 Å². The first kappa shape index (κ1) is 31.4. The van der Waals surface area contributed by atoms with Crippen LogP contribution in [0.2, 0.25) is 5.28 Å². The van der Waals surface area contributed by atoms with Crippen LogP contribution < -0.4 is 0 Å². The highest BCUT2D eigenvalue weighted by molar-refractivity contribution is 7.18. The molecule has 8 aromatic rings. The van der Waals surface area contributed by atoms with Crippen molar-refractivity contribution in [2.45, 2.75) is 13.8 Å². The second kappa shape index (κ2) is 15.1. The van der Waals surface area contributed by atoms with Gasteiger partial charge in [-0.2, -0.15) is 10.2 Å². The van der Waals surface area contributed by atoms with E-state index >= 15 is 0 Å². The number of aryl methyl sites for hydroxylation is 2. The Morgan fingerprint density at radius 2 is 1.32 bits per heavy atom. The second-order valence-electron chi connectivity index (χ2n) is 9.55. The Bertz CT molecular complexity index is 2120. The van der Waals surface area contributed by atoms with Gasteiger partial charge in [-0.1, -0.05) is 0 Å². The highest BCUT2D eigenvalue weighted by Crippen LogP contribution is 2.35. The van der Waals surface area contributed by atoms with Crippen LogP contribution in [0, 0.1) is 13.8 Å². The summed E-state index contributed by atoms with van der Waals surface area (Å²) in [6, 6.07) is 13.5. The van der Waals surface area contributed by atoms with Crippen molar-refractivity contribution in [3.05, 3.63) is 127 Å². The Hall–Kier alpha value is -5.57. The van der Waals surface area contributed by atoms with Crippen molar-refractivity contribution in [2.75, 3.05) is 0 Å². The Kier molecular flexibility index (Phi) is 10.1. The van der Waals surface area contributed by atoms with Crippen LogP contribution in [0.4, 0.5) is 0 Å². The third-order valence-corrected chi connectivity index (χ3v) is 8.96. The van der Waals surface area contributed by atoms with E-state index in [1.807, 2.05) is 68.8 Å². The van der Waals surface area contributed by atoms with Gasteiger partial charge in [0.1, 0.15) is 15.7 Å². The summed E-state index contributed by atoms with van der Waals surface area (Å²) >= 11 is 8.58. The van der Waals surface area contributed by atoms with Crippen LogP contribution in [0.3, 0.4) is 0 Å². The average molecular weight is 677 g/mol. The second-order valence-corrected chi connectivity index (χ2v) is 11.9. The van der Waals surface area contributed by atoms with E-state index < -0.39 is 0 Å². The van der Waals surface area contributed by atoms with Crippen molar-refractivity contribution in [3.8, 4) is 48.1 Å². The summed E-state index contributed by atoms with van der Waals surface area (Å²) in [5.74, 6) is 0.688. The summed E-state index contributed by atoms with van der Waals surface area (Å²) in [5.41, 5.74) is 5.92. The van der Waals surface area contributed by atoms with Gasteiger partial charge in [-0.25, -0.2) is 29.6 Å². The van der Waals surface area contributed by atoms with Gasteiger partial charge in [0.05, 0.1) is 33.0 Å². The Labute approximate surface area is 282 Å². The summed E-state index contributed by atoms with van der Waals surface area (Å²) in [5, 5.41) is 13.7. The predicted molar refractivity (Wildman–Crippen MR) is 183 cm³/mol. The molecule has 0 fully saturated rings. The molecule has 15 heteroatoms. The molecule has 0 atom stereocenters. The summed E-state index contributed by atoms with van der Waals surface area (Å²) in [6.45, 7) is 4.00. The first-order valence-electron chi connectivity index (χ1n) is 14.1. The molecule has 0 aliphatic carbocycles. The lowest BCUT2D eigenvalue weighted by atomic mass is 10.3. The molecule has 0 aromatic carbocycles. The van der Waals surface area contributed by atoms with E-state index in [0.717, 1.165) is 53.7 Å². The van der Waals surface area contributed by atoms with E-state index in [2.05, 4.69) is 55.2 Å². The zero-order valence-electron chi connectivity index (χ0n) is 25.0. The number of nitrogens with one attached hydrogen (secondary N) is 1. The first-order valence-corrected chi connectivity index (χ1v) is 16.1. The topological polar surface area (TPSA) is 150 Å². The van der Waals surface area contributed by atoms with Crippen LogP contribution in [0.5, 0.6) is 0 Å². The molecule has 1 N–H and O–H groups in total. The molecular formula is C32H25ClN12S2. The molecule has 8 heterocycles. The minimum atomic E-state index is 0.294. The van der Waals surface area contributed by atoms with Crippen molar-refractivity contribution in [1.82, 2.24) is 59.8 Å². The third-order valence-electron chi connectivity index (χ3n) is 6.30. The van der Waals surface area contributed by atoms with Gasteiger partial charge in [0, 0.05) is 73.1 Å². The normalized spacial score (nSPS) is 10.4. The summed E-state index contributed by atoms with van der Waals surface area (Å²) < 4.78 is 1.71. The van der Waals surface area contributed by atoms with E-state index in [1.54, 1.807) is 83.0 Å². The van der Waals surface area contributed by atoms with E-state index in [0.29, 0.717) is 11.1 Å². The number of aromatic nitrogens is 12. The van der Waals surface area contributed by atoms with Crippen LogP contribution in [0.15, 0.2) is 111 Å². The van der Waals surface area contributed by atoms with Gasteiger partial charge in [0.15, 0.2) is 5.82 Å². The lowest BCUT2D eigenvalue weighted by Crippen LogP contribution is -1.98. The molecule has 232 valence electrons. The van der Waals surface area contributed by atoms with Crippen molar-refractivity contribution in [1.29, 1.82) is 0 Å². The molecule has 0 saturated heterocycles. The van der Waals surface area contributed by atoms with Crippen molar-refractivity contribution < 1.29 is 0 Å². The average Bonchev–Trinajstić information content (AvgIpc) is 3.95. The van der Waals surface area contributed by atoms with Gasteiger partial charge in [-0.15, -0.1) is 22.7 Å². The fraction of sp³-hybridized carbons (Fsp3) is 0.0625. The van der Waals surface area contributed by atoms with E-state index in [-0.39, 0.29) is 0 Å². The molecule has 0 aliphatic heterocycles. The fourth-order valence-corrected chi connectivity index (χ4v) is 6.32. The number of halogens is 1. The van der Waals surface area contributed by atoms with E-state index in [4.69, 9.17) is 11.6 Å². The van der Waals surface area contributed by atoms with Gasteiger partial charge in [-0.3, -0.25) is 20.1 Å². The quantitative estimate of drug-likeness (QED) is 0.186. The number of H-pyrrole nitrogens is 1. The molecule has 0 unspecified atom stereocenters. The molecule has 0 radical (unpaired) electrons. The zero-order chi connectivity index (χ0) is 32.4. The first-order chi connectivity index (χ1) is 23.0. The monoisotopic (exact) mass is 676 g/mol. The van der Waals surface area contributed by atoms with Crippen LogP contribution >= 0.6 is 34.3 Å². The van der Waals surface area contributed by atoms with Crippen LogP contribution in [-0.4, -0.2) is 59.8 Å². The summed E-state index contributed by atoms with van der Waals surface area (Å²) in [7, 11) is 0. The lowest BCUT2D eigenvalue weighted by Gasteiger charge is -1.97. The zero-order valence-corrected chi connectivity index (χ0v) is 27.4. The maximum atomic E-state index is 5.32. The molecule has 0 aliphatic rings. The predicted octanol–water partition coefficient (Wildman–Crippen LogP) is 7.19. The molecule has 8 rings (SSSR count). The molecule has 0 amide bonds. The van der Waals surface area contributed by atoms with E-state index in [9.17, 15) is 0 Å². The van der Waals surface area contributed by atoms with Crippen LogP contribution in [0.1, 0.15) is 11.4 Å². The highest BCUT2D eigenvalue weighted by Gasteiger charge is 2.15. The molecule has 0 saturated carbocycles. The molecule has 8 aromatic heterocycles. The van der Waals surface area contributed by atoms with Crippen molar-refractivity contribution in [3.63, 3.8) is 0 Å². The Balaban J connectivity index is 0.000000141. The number of rotatable bonds is 5. The Morgan fingerprint density at radius 1 is 0.660 bits per heavy atom. The summed E-state index contributed by atoms with van der Waals surface area (Å²) in [4.78, 5) is 35.2. The number of thiazole rings is 2. The standard InChI is InChI=1S/C16H12N6S.C12H10N4S.C4H3ClN2/c1-11-15(23-16(20-11)12-3-2-5-17-9-12)13-4-8-22(21-13)14-10-18-6-7-19-14;1-8-11(10-4-6-14-16-10)17-12(15-8)9-3-2-5-13-7-9;5-4-6-2-1-3-7-4/h2-10H,1H3;2-7H,1H3,(H,14,16);1-3H. The van der Waals surface area contributed by atoms with Crippen LogP contribution in [0.25, 0.3) is 48.1 Å². The maximum absolute atomic E-state index is 5.32. The molecular weight excluding hydrogens is 652 g/mol. The van der Waals surface area contributed by atoms with Gasteiger partial charge in [0.2, 0.25) is 5.28 Å². The van der Waals surface area contributed by atoms with Gasteiger partial charge < -0.3 is 0 Å². The SMILES string of the molecule is Cc1nc(-c2cccnc2)sc1-c1ccn(-c2cnccn2)n1.Cc1nc(-c2cccnc2)sc1-c1ccn[nH]1.Clc1ncccn1. The fourth-order valence-electron chi connectivity index (χ4n) is 4.15. The maximum Gasteiger partial charge on any atom is 0.222 e. The molecule has 0 spiro atoms. The van der Waals surface area contributed by atoms with Gasteiger partial charge in [0.25, 0.3) is 0 Å². The largest absolute Gasteiger partial charge is 0.277 e. The van der Waals surface area contributed by atoms with Gasteiger partial charge >= 0.3 is 0 Å². The number of pyridine rings is 2. The molecule has 47 heavy (non-hydrogen) atoms. The van der Waals surface area contributed by atoms with Crippen molar-refractivity contribution >= 4 is 34.3 Å². The summed E-state index contributed by atoms with van der Waals surface area (Å²) in [6.07, 6.45) is 18.9. The van der Waals surface area contributed by atoms with E-state index in [1.165, 1.54) is 0 Å². The van der Waals surface area contributed by atoms with Gasteiger partial charge in [-0.05, 0) is 67.9 Å². The lowest BCUT2D eigenvalue weighted by molar-refractivity contribution is 0.841. The Morgan fingerprint density at radius 3 is 1.87 bits per heavy atom. The highest BCUT2D eigenvalue weighted by atomic mass is 35.5. The minimum Gasteiger partial charge on any atom is -0.277 e.